The van der Waals surface area contributed by atoms with Gasteiger partial charge in [-0.2, -0.15) is 0 Å². The number of nitrogens with zero attached hydrogens (tertiary/aromatic N) is 1. The number of aliphatic carboxylic acids is 1. The molecule has 0 spiro atoms. The standard InChI is InChI=1S/C15H22N.C2H4O2/c1-3-14-7-9-15(10-8-14)13-16(2)11-5-4-6-12-16;1-2(3)4/h3,7-10H,1,4-6,11-13H2,2H3;1H3,(H,3,4)/q+1;/p-1. The van der Waals surface area contributed by atoms with Gasteiger partial charge in [-0.25, -0.2) is 0 Å². The van der Waals surface area contributed by atoms with Crippen molar-refractivity contribution in [3.05, 3.63) is 42.0 Å². The van der Waals surface area contributed by atoms with Crippen molar-refractivity contribution in [2.24, 2.45) is 0 Å². The first kappa shape index (κ1) is 16.4. The molecular weight excluding hydrogens is 250 g/mol. The predicted octanol–water partition coefficient (Wildman–Crippen LogP) is 2.22. The van der Waals surface area contributed by atoms with Gasteiger partial charge in [0.15, 0.2) is 0 Å². The highest BCUT2D eigenvalue weighted by molar-refractivity contribution is 5.60. The minimum absolute atomic E-state index is 0.972. The highest BCUT2D eigenvalue weighted by Crippen LogP contribution is 2.20. The number of hydrogen-bond acceptors (Lipinski definition) is 2. The zero-order valence-corrected chi connectivity index (χ0v) is 12.6. The van der Waals surface area contributed by atoms with E-state index in [1.165, 1.54) is 54.5 Å². The van der Waals surface area contributed by atoms with E-state index in [1.807, 2.05) is 6.08 Å². The van der Waals surface area contributed by atoms with Crippen molar-refractivity contribution in [3.63, 3.8) is 0 Å². The zero-order chi connectivity index (χ0) is 15.0. The molecule has 0 unspecified atom stereocenters. The monoisotopic (exact) mass is 275 g/mol. The number of carbonyl (C=O) groups excluding carboxylic acids is 1. The molecule has 1 aromatic rings. The van der Waals surface area contributed by atoms with E-state index in [9.17, 15) is 0 Å². The molecular formula is C17H25NO2. The number of likely N-dealkylation sites (tertiary alicyclic amines) is 1. The molecule has 110 valence electrons. The van der Waals surface area contributed by atoms with Crippen LogP contribution in [0.4, 0.5) is 0 Å². The second-order valence-corrected chi connectivity index (χ2v) is 5.72. The Balaban J connectivity index is 0.000000444. The molecule has 0 atom stereocenters. The van der Waals surface area contributed by atoms with Gasteiger partial charge in [0.2, 0.25) is 0 Å². The molecule has 1 fully saturated rings. The Bertz CT molecular complexity index is 427. The fraction of sp³-hybridized carbons (Fsp3) is 0.471. The topological polar surface area (TPSA) is 40.1 Å². The number of rotatable bonds is 3. The number of hydrogen-bond donors (Lipinski definition) is 0. The van der Waals surface area contributed by atoms with Crippen LogP contribution < -0.4 is 5.11 Å². The van der Waals surface area contributed by atoms with E-state index in [1.54, 1.807) is 0 Å². The summed E-state index contributed by atoms with van der Waals surface area (Å²) >= 11 is 0. The lowest BCUT2D eigenvalue weighted by Crippen LogP contribution is -2.46. The summed E-state index contributed by atoms with van der Waals surface area (Å²) in [6.07, 6.45) is 6.10. The molecule has 0 radical (unpaired) electrons. The van der Waals surface area contributed by atoms with Crippen molar-refractivity contribution < 1.29 is 14.4 Å². The highest BCUT2D eigenvalue weighted by atomic mass is 16.4. The molecule has 0 N–H and O–H groups in total. The van der Waals surface area contributed by atoms with Gasteiger partial charge in [-0.05, 0) is 31.7 Å². The van der Waals surface area contributed by atoms with Crippen molar-refractivity contribution in [2.75, 3.05) is 20.1 Å². The molecule has 2 rings (SSSR count). The van der Waals surface area contributed by atoms with E-state index >= 15 is 0 Å². The van der Waals surface area contributed by atoms with Crippen molar-refractivity contribution >= 4 is 12.0 Å². The normalized spacial score (nSPS) is 16.7. The predicted molar refractivity (Wildman–Crippen MR) is 80.7 cm³/mol. The lowest BCUT2D eigenvalue weighted by Gasteiger charge is -2.37. The van der Waals surface area contributed by atoms with E-state index in [0.717, 1.165) is 6.92 Å². The summed E-state index contributed by atoms with van der Waals surface area (Å²) in [6, 6.07) is 8.82. The molecule has 1 saturated heterocycles. The second kappa shape index (κ2) is 7.85. The average molecular weight is 275 g/mol. The van der Waals surface area contributed by atoms with Crippen LogP contribution in [-0.4, -0.2) is 30.6 Å². The van der Waals surface area contributed by atoms with Gasteiger partial charge in [0, 0.05) is 11.5 Å². The summed E-state index contributed by atoms with van der Waals surface area (Å²) in [5.74, 6) is -1.08. The quantitative estimate of drug-likeness (QED) is 0.794. The summed E-state index contributed by atoms with van der Waals surface area (Å²) in [5.41, 5.74) is 2.67. The number of piperidine rings is 1. The van der Waals surface area contributed by atoms with Crippen LogP contribution >= 0.6 is 0 Å². The van der Waals surface area contributed by atoms with Gasteiger partial charge < -0.3 is 14.4 Å². The Morgan fingerprint density at radius 1 is 1.25 bits per heavy atom. The van der Waals surface area contributed by atoms with Crippen LogP contribution in [0.5, 0.6) is 0 Å². The summed E-state index contributed by atoms with van der Waals surface area (Å²) < 4.78 is 1.22. The van der Waals surface area contributed by atoms with Crippen molar-refractivity contribution in [2.45, 2.75) is 32.7 Å². The third-order valence-corrected chi connectivity index (χ3v) is 3.68. The van der Waals surface area contributed by atoms with Gasteiger partial charge in [0.25, 0.3) is 0 Å². The first-order valence-corrected chi connectivity index (χ1v) is 7.18. The minimum Gasteiger partial charge on any atom is -0.550 e. The molecule has 3 nitrogen and oxygen atoms in total. The molecule has 1 aliphatic heterocycles. The molecule has 1 aliphatic rings. The number of quaternary nitrogens is 1. The second-order valence-electron chi connectivity index (χ2n) is 5.72. The van der Waals surface area contributed by atoms with Crippen molar-refractivity contribution in [1.29, 1.82) is 0 Å². The first-order valence-electron chi connectivity index (χ1n) is 7.18. The maximum Gasteiger partial charge on any atom is 0.104 e. The summed E-state index contributed by atoms with van der Waals surface area (Å²) in [5, 5.41) is 8.89. The Morgan fingerprint density at radius 2 is 1.75 bits per heavy atom. The number of carbonyl (C=O) groups is 1. The first-order chi connectivity index (χ1) is 9.45. The van der Waals surface area contributed by atoms with Gasteiger partial charge in [-0.3, -0.25) is 0 Å². The molecule has 1 aromatic carbocycles. The lowest BCUT2D eigenvalue weighted by atomic mass is 10.1. The van der Waals surface area contributed by atoms with Crippen LogP contribution in [0, 0.1) is 0 Å². The number of carboxylic acids is 1. The van der Waals surface area contributed by atoms with Gasteiger partial charge >= 0.3 is 0 Å². The largest absolute Gasteiger partial charge is 0.550 e. The Hall–Kier alpha value is -1.61. The molecule has 0 amide bonds. The molecule has 20 heavy (non-hydrogen) atoms. The molecule has 3 heteroatoms. The molecule has 1 heterocycles. The van der Waals surface area contributed by atoms with Crippen molar-refractivity contribution in [1.82, 2.24) is 0 Å². The number of benzene rings is 1. The third-order valence-electron chi connectivity index (χ3n) is 3.68. The van der Waals surface area contributed by atoms with Crippen molar-refractivity contribution in [3.8, 4) is 0 Å². The van der Waals surface area contributed by atoms with Crippen LogP contribution in [-0.2, 0) is 11.3 Å². The SMILES string of the molecule is C=Cc1ccc(C[N+]2(C)CCCCC2)cc1.CC(=O)[O-]. The van der Waals surface area contributed by atoms with Crippen LogP contribution in [0.1, 0.15) is 37.3 Å². The maximum absolute atomic E-state index is 8.89. The minimum atomic E-state index is -1.08. The molecule has 0 aliphatic carbocycles. The van der Waals surface area contributed by atoms with E-state index in [4.69, 9.17) is 9.90 Å². The van der Waals surface area contributed by atoms with E-state index in [0.29, 0.717) is 0 Å². The smallest absolute Gasteiger partial charge is 0.104 e. The van der Waals surface area contributed by atoms with Crippen LogP contribution in [0.25, 0.3) is 6.08 Å². The van der Waals surface area contributed by atoms with Gasteiger partial charge in [0.05, 0.1) is 20.1 Å². The fourth-order valence-electron chi connectivity index (χ4n) is 2.63. The van der Waals surface area contributed by atoms with E-state index in [2.05, 4.69) is 37.9 Å². The van der Waals surface area contributed by atoms with Crippen LogP contribution in [0.2, 0.25) is 0 Å². The highest BCUT2D eigenvalue weighted by Gasteiger charge is 2.24. The molecule has 0 bridgehead atoms. The third kappa shape index (κ3) is 6.02. The Labute approximate surface area is 122 Å². The summed E-state index contributed by atoms with van der Waals surface area (Å²) in [7, 11) is 2.39. The fourth-order valence-corrected chi connectivity index (χ4v) is 2.63. The molecule has 0 saturated carbocycles. The van der Waals surface area contributed by atoms with Crippen LogP contribution in [0.15, 0.2) is 30.8 Å². The summed E-state index contributed by atoms with van der Waals surface area (Å²) in [6.45, 7) is 8.61. The van der Waals surface area contributed by atoms with Gasteiger partial charge in [-0.15, -0.1) is 0 Å². The Morgan fingerprint density at radius 3 is 2.20 bits per heavy atom. The van der Waals surface area contributed by atoms with Gasteiger partial charge in [-0.1, -0.05) is 36.9 Å². The van der Waals surface area contributed by atoms with Crippen LogP contribution in [0.3, 0.4) is 0 Å². The Kier molecular flexibility index (Phi) is 6.46. The average Bonchev–Trinajstić information content (AvgIpc) is 2.39. The lowest BCUT2D eigenvalue weighted by molar-refractivity contribution is -0.926. The van der Waals surface area contributed by atoms with E-state index < -0.39 is 5.97 Å². The summed E-state index contributed by atoms with van der Waals surface area (Å²) in [4.78, 5) is 8.89. The van der Waals surface area contributed by atoms with E-state index in [-0.39, 0.29) is 0 Å². The maximum atomic E-state index is 8.89. The zero-order valence-electron chi connectivity index (χ0n) is 12.6. The molecule has 0 aromatic heterocycles. The van der Waals surface area contributed by atoms with Gasteiger partial charge in [0.1, 0.15) is 6.54 Å². The number of carboxylic acid groups (broad SMARTS) is 1.